The fourth-order valence-corrected chi connectivity index (χ4v) is 1.58. The number of hydrogen-bond donors (Lipinski definition) is 2. The number of methoxy groups -OCH3 is 1. The predicted octanol–water partition coefficient (Wildman–Crippen LogP) is 2.67. The number of nitrogens with two attached hydrogens (primary N) is 1. The van der Waals surface area contributed by atoms with Crippen LogP contribution in [0.1, 0.15) is 10.4 Å². The van der Waals surface area contributed by atoms with Crippen molar-refractivity contribution in [2.24, 2.45) is 0 Å². The monoisotopic (exact) mass is 260 g/mol. The number of hydrogen-bond acceptors (Lipinski definition) is 3. The number of carbonyl (C=O) groups excluding carboxylic acids is 1. The highest BCUT2D eigenvalue weighted by molar-refractivity contribution is 6.05. The molecule has 0 bridgehead atoms. The molecule has 0 saturated carbocycles. The highest BCUT2D eigenvalue weighted by Gasteiger charge is 2.08. The molecule has 2 aromatic rings. The summed E-state index contributed by atoms with van der Waals surface area (Å²) in [5.41, 5.74) is 6.64. The van der Waals surface area contributed by atoms with Crippen molar-refractivity contribution in [1.82, 2.24) is 0 Å². The van der Waals surface area contributed by atoms with Crippen molar-refractivity contribution in [3.05, 3.63) is 53.8 Å². The lowest BCUT2D eigenvalue weighted by Crippen LogP contribution is -2.13. The third-order valence-electron chi connectivity index (χ3n) is 2.61. The molecule has 0 aromatic heterocycles. The molecule has 0 unspecified atom stereocenters. The molecular weight excluding hydrogens is 247 g/mol. The second kappa shape index (κ2) is 5.39. The Morgan fingerprint density at radius 2 is 1.89 bits per heavy atom. The molecule has 98 valence electrons. The van der Waals surface area contributed by atoms with Crippen molar-refractivity contribution < 1.29 is 13.9 Å². The first-order valence-corrected chi connectivity index (χ1v) is 5.60. The SMILES string of the molecule is COc1ccc(C(=O)Nc2ccc(F)cc2N)cc1. The fraction of sp³-hybridized carbons (Fsp3) is 0.0714. The average molecular weight is 260 g/mol. The average Bonchev–Trinajstić information content (AvgIpc) is 2.42. The van der Waals surface area contributed by atoms with Gasteiger partial charge in [-0.25, -0.2) is 4.39 Å². The summed E-state index contributed by atoms with van der Waals surface area (Å²) in [4.78, 5) is 11.9. The Bertz CT molecular complexity index is 597. The van der Waals surface area contributed by atoms with Crippen LogP contribution in [0.5, 0.6) is 5.75 Å². The lowest BCUT2D eigenvalue weighted by atomic mass is 10.2. The van der Waals surface area contributed by atoms with Gasteiger partial charge < -0.3 is 15.8 Å². The predicted molar refractivity (Wildman–Crippen MR) is 71.8 cm³/mol. The van der Waals surface area contributed by atoms with Gasteiger partial charge in [0.1, 0.15) is 11.6 Å². The van der Waals surface area contributed by atoms with Crippen LogP contribution in [-0.2, 0) is 0 Å². The maximum absolute atomic E-state index is 12.9. The molecule has 19 heavy (non-hydrogen) atoms. The minimum Gasteiger partial charge on any atom is -0.497 e. The van der Waals surface area contributed by atoms with E-state index >= 15 is 0 Å². The van der Waals surface area contributed by atoms with E-state index in [9.17, 15) is 9.18 Å². The number of rotatable bonds is 3. The molecule has 0 heterocycles. The van der Waals surface area contributed by atoms with Crippen LogP contribution < -0.4 is 15.8 Å². The summed E-state index contributed by atoms with van der Waals surface area (Å²) in [7, 11) is 1.55. The van der Waals surface area contributed by atoms with Crippen molar-refractivity contribution in [3.63, 3.8) is 0 Å². The summed E-state index contributed by atoms with van der Waals surface area (Å²) in [6.07, 6.45) is 0. The summed E-state index contributed by atoms with van der Waals surface area (Å²) in [6.45, 7) is 0. The molecule has 5 heteroatoms. The number of halogens is 1. The molecule has 0 fully saturated rings. The number of nitrogens with one attached hydrogen (secondary N) is 1. The van der Waals surface area contributed by atoms with Gasteiger partial charge in [-0.1, -0.05) is 0 Å². The van der Waals surface area contributed by atoms with Crippen LogP contribution >= 0.6 is 0 Å². The van der Waals surface area contributed by atoms with Gasteiger partial charge in [0.25, 0.3) is 5.91 Å². The van der Waals surface area contributed by atoms with Crippen molar-refractivity contribution in [2.45, 2.75) is 0 Å². The van der Waals surface area contributed by atoms with Crippen LogP contribution in [0.15, 0.2) is 42.5 Å². The Hall–Kier alpha value is -2.56. The third kappa shape index (κ3) is 3.01. The van der Waals surface area contributed by atoms with Gasteiger partial charge >= 0.3 is 0 Å². The fourth-order valence-electron chi connectivity index (χ4n) is 1.58. The summed E-state index contributed by atoms with van der Waals surface area (Å²) < 4.78 is 17.9. The van der Waals surface area contributed by atoms with Gasteiger partial charge in [0, 0.05) is 5.56 Å². The number of carbonyl (C=O) groups is 1. The smallest absolute Gasteiger partial charge is 0.255 e. The molecule has 3 N–H and O–H groups in total. The summed E-state index contributed by atoms with van der Waals surface area (Å²) in [5, 5.41) is 2.62. The van der Waals surface area contributed by atoms with E-state index < -0.39 is 5.82 Å². The van der Waals surface area contributed by atoms with Crippen molar-refractivity contribution in [2.75, 3.05) is 18.2 Å². The van der Waals surface area contributed by atoms with Crippen LogP contribution in [-0.4, -0.2) is 13.0 Å². The van der Waals surface area contributed by atoms with Crippen molar-refractivity contribution >= 4 is 17.3 Å². The van der Waals surface area contributed by atoms with Crippen LogP contribution in [0.3, 0.4) is 0 Å². The molecule has 0 radical (unpaired) electrons. The van der Waals surface area contributed by atoms with Gasteiger partial charge in [-0.2, -0.15) is 0 Å². The number of anilines is 2. The first kappa shape index (κ1) is 12.9. The Balaban J connectivity index is 2.15. The zero-order valence-electron chi connectivity index (χ0n) is 10.3. The van der Waals surface area contributed by atoms with E-state index in [4.69, 9.17) is 10.5 Å². The first-order chi connectivity index (χ1) is 9.10. The van der Waals surface area contributed by atoms with E-state index in [1.807, 2.05) is 0 Å². The van der Waals surface area contributed by atoms with Crippen LogP contribution in [0, 0.1) is 5.82 Å². The lowest BCUT2D eigenvalue weighted by molar-refractivity contribution is 0.102. The molecule has 0 aliphatic carbocycles. The highest BCUT2D eigenvalue weighted by atomic mass is 19.1. The van der Waals surface area contributed by atoms with Gasteiger partial charge in [-0.3, -0.25) is 4.79 Å². The standard InChI is InChI=1S/C14H13FN2O2/c1-19-11-5-2-9(3-6-11)14(18)17-13-7-4-10(15)8-12(13)16/h2-8H,16H2,1H3,(H,17,18). The highest BCUT2D eigenvalue weighted by Crippen LogP contribution is 2.20. The van der Waals surface area contributed by atoms with E-state index in [1.54, 1.807) is 31.4 Å². The van der Waals surface area contributed by atoms with Crippen LogP contribution in [0.4, 0.5) is 15.8 Å². The minimum atomic E-state index is -0.444. The molecular formula is C14H13FN2O2. The molecule has 4 nitrogen and oxygen atoms in total. The maximum atomic E-state index is 12.9. The van der Waals surface area contributed by atoms with E-state index in [2.05, 4.69) is 5.32 Å². The van der Waals surface area contributed by atoms with Gasteiger partial charge in [-0.05, 0) is 42.5 Å². The minimum absolute atomic E-state index is 0.182. The zero-order valence-corrected chi connectivity index (χ0v) is 10.3. The Morgan fingerprint density at radius 3 is 2.47 bits per heavy atom. The lowest BCUT2D eigenvalue weighted by Gasteiger charge is -2.08. The molecule has 2 rings (SSSR count). The summed E-state index contributed by atoms with van der Waals surface area (Å²) in [5.74, 6) is -0.0984. The van der Waals surface area contributed by atoms with Gasteiger partial charge in [0.05, 0.1) is 18.5 Å². The van der Waals surface area contributed by atoms with E-state index in [0.717, 1.165) is 6.07 Å². The van der Waals surface area contributed by atoms with Gasteiger partial charge in [-0.15, -0.1) is 0 Å². The molecule has 0 atom stereocenters. The summed E-state index contributed by atoms with van der Waals surface area (Å²) >= 11 is 0. The number of ether oxygens (including phenoxy) is 1. The molecule has 0 aliphatic rings. The Kier molecular flexibility index (Phi) is 3.66. The van der Waals surface area contributed by atoms with Gasteiger partial charge in [0.15, 0.2) is 0 Å². The first-order valence-electron chi connectivity index (χ1n) is 5.60. The molecule has 1 amide bonds. The van der Waals surface area contributed by atoms with Crippen LogP contribution in [0.25, 0.3) is 0 Å². The number of benzene rings is 2. The zero-order chi connectivity index (χ0) is 13.8. The molecule has 0 saturated heterocycles. The second-order valence-corrected chi connectivity index (χ2v) is 3.91. The summed E-state index contributed by atoms with van der Waals surface area (Å²) in [6, 6.07) is 10.4. The number of nitrogen functional groups attached to an aromatic ring is 1. The van der Waals surface area contributed by atoms with Crippen molar-refractivity contribution in [1.29, 1.82) is 0 Å². The number of amides is 1. The molecule has 0 aliphatic heterocycles. The van der Waals surface area contributed by atoms with E-state index in [0.29, 0.717) is 17.0 Å². The molecule has 0 spiro atoms. The second-order valence-electron chi connectivity index (χ2n) is 3.91. The van der Waals surface area contributed by atoms with E-state index in [1.165, 1.54) is 12.1 Å². The quantitative estimate of drug-likeness (QED) is 0.834. The Labute approximate surface area is 110 Å². The largest absolute Gasteiger partial charge is 0.497 e. The van der Waals surface area contributed by atoms with E-state index in [-0.39, 0.29) is 11.6 Å². The normalized spacial score (nSPS) is 10.0. The molecule has 2 aromatic carbocycles. The van der Waals surface area contributed by atoms with Crippen LogP contribution in [0.2, 0.25) is 0 Å². The Morgan fingerprint density at radius 1 is 1.21 bits per heavy atom. The topological polar surface area (TPSA) is 64.3 Å². The maximum Gasteiger partial charge on any atom is 0.255 e. The van der Waals surface area contributed by atoms with Crippen molar-refractivity contribution in [3.8, 4) is 5.75 Å². The van der Waals surface area contributed by atoms with Gasteiger partial charge in [0.2, 0.25) is 0 Å². The third-order valence-corrected chi connectivity index (χ3v) is 2.61.